The summed E-state index contributed by atoms with van der Waals surface area (Å²) in [5, 5.41) is 17.8. The van der Waals surface area contributed by atoms with Crippen LogP contribution >= 0.6 is 11.8 Å². The zero-order valence-electron chi connectivity index (χ0n) is 12.3. The van der Waals surface area contributed by atoms with E-state index in [0.717, 1.165) is 11.7 Å². The molecule has 1 aromatic rings. The third-order valence-electron chi connectivity index (χ3n) is 4.50. The molecule has 5 nitrogen and oxygen atoms in total. The SMILES string of the molecule is CCCNC1CCCC1Sc1nnnn1C1CCCC1. The fourth-order valence-corrected chi connectivity index (χ4v) is 4.74. The van der Waals surface area contributed by atoms with E-state index >= 15 is 0 Å². The predicted octanol–water partition coefficient (Wildman–Crippen LogP) is 2.80. The van der Waals surface area contributed by atoms with E-state index in [1.54, 1.807) is 0 Å². The Balaban J connectivity index is 1.63. The van der Waals surface area contributed by atoms with Crippen LogP contribution in [0.5, 0.6) is 0 Å². The van der Waals surface area contributed by atoms with E-state index in [-0.39, 0.29) is 0 Å². The normalized spacial score (nSPS) is 27.4. The van der Waals surface area contributed by atoms with E-state index in [1.165, 1.54) is 51.4 Å². The summed E-state index contributed by atoms with van der Waals surface area (Å²) in [7, 11) is 0. The topological polar surface area (TPSA) is 55.6 Å². The van der Waals surface area contributed by atoms with Gasteiger partial charge in [0.25, 0.3) is 0 Å². The Hall–Kier alpha value is -0.620. The first-order valence-electron chi connectivity index (χ1n) is 8.06. The van der Waals surface area contributed by atoms with Crippen LogP contribution in [0.15, 0.2) is 5.16 Å². The van der Waals surface area contributed by atoms with Gasteiger partial charge in [-0.3, -0.25) is 0 Å². The molecule has 0 aliphatic heterocycles. The molecule has 0 saturated heterocycles. The lowest BCUT2D eigenvalue weighted by Gasteiger charge is -2.20. The largest absolute Gasteiger partial charge is 0.313 e. The average molecular weight is 295 g/mol. The Morgan fingerprint density at radius 2 is 2.05 bits per heavy atom. The molecule has 2 unspecified atom stereocenters. The molecule has 1 heterocycles. The lowest BCUT2D eigenvalue weighted by atomic mass is 10.2. The molecular weight excluding hydrogens is 270 g/mol. The maximum atomic E-state index is 4.28. The number of hydrogen-bond acceptors (Lipinski definition) is 5. The third-order valence-corrected chi connectivity index (χ3v) is 5.85. The lowest BCUT2D eigenvalue weighted by Crippen LogP contribution is -2.34. The summed E-state index contributed by atoms with van der Waals surface area (Å²) in [6.45, 7) is 3.35. The quantitative estimate of drug-likeness (QED) is 0.874. The average Bonchev–Trinajstić information content (AvgIpc) is 3.18. The van der Waals surface area contributed by atoms with Gasteiger partial charge in [-0.25, -0.2) is 4.68 Å². The molecule has 3 rings (SSSR count). The van der Waals surface area contributed by atoms with Crippen molar-refractivity contribution in [1.82, 2.24) is 25.5 Å². The standard InChI is InChI=1S/C14H25N5S/c1-2-10-15-12-8-5-9-13(12)20-14-16-17-18-19(14)11-6-3-4-7-11/h11-13,15H,2-10H2,1H3. The summed E-state index contributed by atoms with van der Waals surface area (Å²) >= 11 is 1.89. The van der Waals surface area contributed by atoms with Gasteiger partial charge in [0.2, 0.25) is 5.16 Å². The number of aromatic nitrogens is 4. The summed E-state index contributed by atoms with van der Waals surface area (Å²) in [5.74, 6) is 0. The Morgan fingerprint density at radius 1 is 1.20 bits per heavy atom. The first-order valence-corrected chi connectivity index (χ1v) is 8.94. The molecule has 2 aliphatic carbocycles. The summed E-state index contributed by atoms with van der Waals surface area (Å²) in [4.78, 5) is 0. The molecule has 6 heteroatoms. The van der Waals surface area contributed by atoms with Gasteiger partial charge in [0.15, 0.2) is 0 Å². The highest BCUT2D eigenvalue weighted by Crippen LogP contribution is 2.37. The first-order chi connectivity index (χ1) is 9.88. The summed E-state index contributed by atoms with van der Waals surface area (Å²) < 4.78 is 2.09. The van der Waals surface area contributed by atoms with Gasteiger partial charge in [-0.05, 0) is 49.1 Å². The predicted molar refractivity (Wildman–Crippen MR) is 80.9 cm³/mol. The zero-order valence-corrected chi connectivity index (χ0v) is 13.1. The van der Waals surface area contributed by atoms with Gasteiger partial charge in [0, 0.05) is 11.3 Å². The molecular formula is C14H25N5S. The van der Waals surface area contributed by atoms with Crippen molar-refractivity contribution in [1.29, 1.82) is 0 Å². The number of tetrazole rings is 1. The van der Waals surface area contributed by atoms with Crippen molar-refractivity contribution in [2.45, 2.75) is 80.8 Å². The number of thioether (sulfide) groups is 1. The van der Waals surface area contributed by atoms with E-state index in [2.05, 4.69) is 32.4 Å². The molecule has 0 bridgehead atoms. The molecule has 2 aliphatic rings. The van der Waals surface area contributed by atoms with Crippen molar-refractivity contribution in [3.63, 3.8) is 0 Å². The van der Waals surface area contributed by atoms with E-state index in [4.69, 9.17) is 0 Å². The number of nitrogens with zero attached hydrogens (tertiary/aromatic N) is 4. The second-order valence-corrected chi connectivity index (χ2v) is 7.20. The number of rotatable bonds is 6. The maximum absolute atomic E-state index is 4.28. The minimum atomic E-state index is 0.538. The second kappa shape index (κ2) is 6.89. The van der Waals surface area contributed by atoms with Gasteiger partial charge in [-0.1, -0.05) is 37.9 Å². The van der Waals surface area contributed by atoms with Crippen LogP contribution < -0.4 is 5.32 Å². The van der Waals surface area contributed by atoms with Crippen molar-refractivity contribution >= 4 is 11.8 Å². The Morgan fingerprint density at radius 3 is 2.85 bits per heavy atom. The van der Waals surface area contributed by atoms with E-state index in [9.17, 15) is 0 Å². The fraction of sp³-hybridized carbons (Fsp3) is 0.929. The van der Waals surface area contributed by atoms with Crippen molar-refractivity contribution in [2.24, 2.45) is 0 Å². The van der Waals surface area contributed by atoms with Gasteiger partial charge in [-0.15, -0.1) is 5.10 Å². The highest BCUT2D eigenvalue weighted by molar-refractivity contribution is 7.99. The molecule has 0 spiro atoms. The Bertz CT molecular complexity index is 415. The van der Waals surface area contributed by atoms with Gasteiger partial charge < -0.3 is 5.32 Å². The van der Waals surface area contributed by atoms with Gasteiger partial charge in [0.05, 0.1) is 6.04 Å². The van der Waals surface area contributed by atoms with Crippen LogP contribution in [0.1, 0.15) is 64.3 Å². The highest BCUT2D eigenvalue weighted by Gasteiger charge is 2.30. The van der Waals surface area contributed by atoms with Crippen LogP contribution in [0.2, 0.25) is 0 Å². The van der Waals surface area contributed by atoms with Crippen LogP contribution in [0.4, 0.5) is 0 Å². The van der Waals surface area contributed by atoms with Gasteiger partial charge >= 0.3 is 0 Å². The van der Waals surface area contributed by atoms with E-state index in [1.807, 2.05) is 11.8 Å². The fourth-order valence-electron chi connectivity index (χ4n) is 3.41. The van der Waals surface area contributed by atoms with E-state index < -0.39 is 0 Å². The minimum absolute atomic E-state index is 0.538. The van der Waals surface area contributed by atoms with Gasteiger partial charge in [0.1, 0.15) is 0 Å². The van der Waals surface area contributed by atoms with E-state index in [0.29, 0.717) is 17.3 Å². The van der Waals surface area contributed by atoms with Crippen molar-refractivity contribution < 1.29 is 0 Å². The molecule has 1 N–H and O–H groups in total. The molecule has 2 atom stereocenters. The minimum Gasteiger partial charge on any atom is -0.313 e. The zero-order chi connectivity index (χ0) is 13.8. The smallest absolute Gasteiger partial charge is 0.209 e. The summed E-state index contributed by atoms with van der Waals surface area (Å²) in [6.07, 6.45) is 10.2. The molecule has 112 valence electrons. The van der Waals surface area contributed by atoms with Crippen LogP contribution in [-0.4, -0.2) is 38.0 Å². The van der Waals surface area contributed by atoms with Crippen LogP contribution in [0.25, 0.3) is 0 Å². The Labute approximate surface area is 125 Å². The third kappa shape index (κ3) is 3.17. The maximum Gasteiger partial charge on any atom is 0.209 e. The molecule has 1 aromatic heterocycles. The molecule has 2 saturated carbocycles. The van der Waals surface area contributed by atoms with Crippen LogP contribution in [0, 0.1) is 0 Å². The molecule has 2 fully saturated rings. The number of nitrogens with one attached hydrogen (secondary N) is 1. The van der Waals surface area contributed by atoms with Crippen molar-refractivity contribution in [3.8, 4) is 0 Å². The number of hydrogen-bond donors (Lipinski definition) is 1. The Kier molecular flexibility index (Phi) is 4.94. The second-order valence-electron chi connectivity index (χ2n) is 5.99. The van der Waals surface area contributed by atoms with Crippen molar-refractivity contribution in [3.05, 3.63) is 0 Å². The first kappa shape index (κ1) is 14.3. The lowest BCUT2D eigenvalue weighted by molar-refractivity contribution is 0.422. The van der Waals surface area contributed by atoms with Gasteiger partial charge in [-0.2, -0.15) is 0 Å². The van der Waals surface area contributed by atoms with Crippen molar-refractivity contribution in [2.75, 3.05) is 6.54 Å². The highest BCUT2D eigenvalue weighted by atomic mass is 32.2. The summed E-state index contributed by atoms with van der Waals surface area (Å²) in [6, 6.07) is 1.17. The molecule has 0 aromatic carbocycles. The monoisotopic (exact) mass is 295 g/mol. The van der Waals surface area contributed by atoms with Crippen LogP contribution in [-0.2, 0) is 0 Å². The van der Waals surface area contributed by atoms with Crippen LogP contribution in [0.3, 0.4) is 0 Å². The molecule has 0 radical (unpaired) electrons. The molecule has 0 amide bonds. The summed E-state index contributed by atoms with van der Waals surface area (Å²) in [5.41, 5.74) is 0. The molecule has 20 heavy (non-hydrogen) atoms.